The molecule has 2 aliphatic rings. The van der Waals surface area contributed by atoms with Crippen LogP contribution in [0.25, 0.3) is 0 Å². The number of benzene rings is 3. The molecule has 3 aromatic rings. The molecule has 2 saturated heterocycles. The minimum Gasteiger partial charge on any atom is -0.484 e. The van der Waals surface area contributed by atoms with E-state index < -0.39 is 22.0 Å². The van der Waals surface area contributed by atoms with Gasteiger partial charge < -0.3 is 24.4 Å². The second-order valence-corrected chi connectivity index (χ2v) is 13.0. The summed E-state index contributed by atoms with van der Waals surface area (Å²) in [5.41, 5.74) is 1.44. The lowest BCUT2D eigenvalue weighted by atomic mass is 10.0. The van der Waals surface area contributed by atoms with Crippen LogP contribution in [0.4, 0.5) is 0 Å². The predicted octanol–water partition coefficient (Wildman–Crippen LogP) is 3.81. The fourth-order valence-electron chi connectivity index (χ4n) is 5.21. The second-order valence-electron chi connectivity index (χ2n) is 10.6. The van der Waals surface area contributed by atoms with Crippen LogP contribution >= 0.6 is 11.6 Å². The average molecular weight is 642 g/mol. The summed E-state index contributed by atoms with van der Waals surface area (Å²) in [7, 11) is -3.66. The van der Waals surface area contributed by atoms with Crippen LogP contribution in [-0.4, -0.2) is 81.6 Å². The van der Waals surface area contributed by atoms with Gasteiger partial charge in [0.05, 0.1) is 24.2 Å². The number of rotatable bonds is 12. The fourth-order valence-corrected chi connectivity index (χ4v) is 6.74. The minimum atomic E-state index is -3.66. The van der Waals surface area contributed by atoms with E-state index in [4.69, 9.17) is 25.8 Å². The molecule has 12 heteroatoms. The Morgan fingerprint density at radius 2 is 1.68 bits per heavy atom. The number of halogens is 1. The van der Waals surface area contributed by atoms with E-state index in [1.807, 2.05) is 42.5 Å². The molecule has 2 aliphatic heterocycles. The molecular formula is C32H36ClN3O7S. The Morgan fingerprint density at radius 1 is 0.977 bits per heavy atom. The van der Waals surface area contributed by atoms with Gasteiger partial charge in [-0.1, -0.05) is 54.1 Å². The van der Waals surface area contributed by atoms with Gasteiger partial charge in [0, 0.05) is 37.8 Å². The molecular weight excluding hydrogens is 606 g/mol. The van der Waals surface area contributed by atoms with Crippen LogP contribution in [0.3, 0.4) is 0 Å². The summed E-state index contributed by atoms with van der Waals surface area (Å²) < 4.78 is 44.1. The van der Waals surface area contributed by atoms with Crippen molar-refractivity contribution in [3.63, 3.8) is 0 Å². The number of carbonyl (C=O) groups is 2. The highest BCUT2D eigenvalue weighted by molar-refractivity contribution is 7.89. The van der Waals surface area contributed by atoms with E-state index in [0.29, 0.717) is 55.8 Å². The molecule has 0 saturated carbocycles. The summed E-state index contributed by atoms with van der Waals surface area (Å²) in [6, 6.07) is 21.2. The largest absolute Gasteiger partial charge is 0.484 e. The monoisotopic (exact) mass is 641 g/mol. The van der Waals surface area contributed by atoms with Crippen LogP contribution in [0, 0.1) is 0 Å². The summed E-state index contributed by atoms with van der Waals surface area (Å²) in [5, 5.41) is 3.54. The first-order valence-corrected chi connectivity index (χ1v) is 16.4. The third-order valence-corrected chi connectivity index (χ3v) is 9.75. The van der Waals surface area contributed by atoms with E-state index in [0.717, 1.165) is 18.4 Å². The van der Waals surface area contributed by atoms with Crippen LogP contribution in [0.15, 0.2) is 83.8 Å². The Kier molecular flexibility index (Phi) is 10.9. The lowest BCUT2D eigenvalue weighted by Gasteiger charge is -2.32. The lowest BCUT2D eigenvalue weighted by Crippen LogP contribution is -2.46. The van der Waals surface area contributed by atoms with Gasteiger partial charge in [-0.3, -0.25) is 9.59 Å². The maximum Gasteiger partial charge on any atom is 0.261 e. The van der Waals surface area contributed by atoms with Crippen molar-refractivity contribution in [3.8, 4) is 5.75 Å². The van der Waals surface area contributed by atoms with Gasteiger partial charge in [-0.2, -0.15) is 4.31 Å². The number of sulfonamides is 1. The third kappa shape index (κ3) is 8.16. The molecule has 10 nitrogen and oxygen atoms in total. The van der Waals surface area contributed by atoms with Gasteiger partial charge in [0.2, 0.25) is 15.9 Å². The highest BCUT2D eigenvalue weighted by atomic mass is 35.5. The van der Waals surface area contributed by atoms with Crippen molar-refractivity contribution < 1.29 is 32.2 Å². The maximum absolute atomic E-state index is 13.9. The molecule has 5 rings (SSSR count). The van der Waals surface area contributed by atoms with E-state index in [-0.39, 0.29) is 30.1 Å². The van der Waals surface area contributed by atoms with E-state index in [9.17, 15) is 18.0 Å². The summed E-state index contributed by atoms with van der Waals surface area (Å²) >= 11 is 6.10. The Balaban J connectivity index is 1.34. The number of ether oxygens (including phenoxy) is 3. The third-order valence-electron chi connectivity index (χ3n) is 7.58. The SMILES string of the molecule is O=C(NCC1CCCO1)C(c1ccccc1)N(Cc1ccc(Cl)cc1)C(=O)COc1ccc(S(=O)(=O)N2CCOCC2)cc1. The number of morpholine rings is 1. The first-order chi connectivity index (χ1) is 21.3. The first kappa shape index (κ1) is 31.9. The number of amides is 2. The normalized spacial score (nSPS) is 18.0. The lowest BCUT2D eigenvalue weighted by molar-refractivity contribution is -0.143. The summed E-state index contributed by atoms with van der Waals surface area (Å²) in [6.45, 7) is 2.07. The Bertz CT molecular complexity index is 1490. The van der Waals surface area contributed by atoms with Gasteiger partial charge in [0.1, 0.15) is 11.8 Å². The van der Waals surface area contributed by atoms with Crippen molar-refractivity contribution in [1.82, 2.24) is 14.5 Å². The van der Waals surface area contributed by atoms with E-state index in [1.54, 1.807) is 12.1 Å². The zero-order valence-electron chi connectivity index (χ0n) is 24.3. The molecule has 2 amide bonds. The molecule has 0 aromatic heterocycles. The van der Waals surface area contributed by atoms with Crippen LogP contribution < -0.4 is 10.1 Å². The summed E-state index contributed by atoms with van der Waals surface area (Å²) in [4.78, 5) is 29.2. The van der Waals surface area contributed by atoms with E-state index >= 15 is 0 Å². The standard InChI is InChI=1S/C32H36ClN3O7S/c33-26-10-8-24(9-11-26)22-36(31(25-5-2-1-3-6-25)32(38)34-21-28-7-4-18-42-28)30(37)23-43-27-12-14-29(15-13-27)44(39,40)35-16-19-41-20-17-35/h1-3,5-6,8-15,28,31H,4,7,16-23H2,(H,34,38). The minimum absolute atomic E-state index is 0.0610. The molecule has 0 aliphatic carbocycles. The van der Waals surface area contributed by atoms with Gasteiger partial charge in [-0.25, -0.2) is 8.42 Å². The van der Waals surface area contributed by atoms with Crippen LogP contribution in [0.1, 0.15) is 30.0 Å². The van der Waals surface area contributed by atoms with Crippen molar-refractivity contribution in [1.29, 1.82) is 0 Å². The number of carbonyl (C=O) groups excluding carboxylic acids is 2. The smallest absolute Gasteiger partial charge is 0.261 e. The van der Waals surface area contributed by atoms with Crippen molar-refractivity contribution in [2.75, 3.05) is 46.1 Å². The zero-order valence-corrected chi connectivity index (χ0v) is 25.8. The predicted molar refractivity (Wildman–Crippen MR) is 165 cm³/mol. The van der Waals surface area contributed by atoms with E-state index in [1.165, 1.54) is 33.5 Å². The van der Waals surface area contributed by atoms with Gasteiger partial charge >= 0.3 is 0 Å². The molecule has 0 spiro atoms. The van der Waals surface area contributed by atoms with Crippen molar-refractivity contribution in [2.45, 2.75) is 36.4 Å². The highest BCUT2D eigenvalue weighted by Crippen LogP contribution is 2.26. The summed E-state index contributed by atoms with van der Waals surface area (Å²) in [5.74, 6) is -0.428. The fraction of sp³-hybridized carbons (Fsp3) is 0.375. The quantitative estimate of drug-likeness (QED) is 0.320. The number of hydrogen-bond acceptors (Lipinski definition) is 7. The van der Waals surface area contributed by atoms with Crippen molar-refractivity contribution >= 4 is 33.4 Å². The van der Waals surface area contributed by atoms with Crippen LogP contribution in [-0.2, 0) is 35.6 Å². The molecule has 44 heavy (non-hydrogen) atoms. The van der Waals surface area contributed by atoms with Gasteiger partial charge in [-0.05, 0) is 60.4 Å². The Hall–Kier alpha value is -3.48. The Morgan fingerprint density at radius 3 is 2.34 bits per heavy atom. The average Bonchev–Trinajstić information content (AvgIpc) is 3.58. The van der Waals surface area contributed by atoms with E-state index in [2.05, 4.69) is 5.32 Å². The van der Waals surface area contributed by atoms with Crippen LogP contribution in [0.5, 0.6) is 5.75 Å². The van der Waals surface area contributed by atoms with Crippen molar-refractivity contribution in [3.05, 3.63) is 95.0 Å². The molecule has 2 fully saturated rings. The molecule has 2 heterocycles. The Labute approximate surface area is 262 Å². The molecule has 2 atom stereocenters. The molecule has 1 N–H and O–H groups in total. The number of hydrogen-bond donors (Lipinski definition) is 1. The van der Waals surface area contributed by atoms with Gasteiger partial charge in [0.15, 0.2) is 6.61 Å². The van der Waals surface area contributed by atoms with Gasteiger partial charge in [0.25, 0.3) is 5.91 Å². The number of nitrogens with one attached hydrogen (secondary N) is 1. The molecule has 0 bridgehead atoms. The first-order valence-electron chi connectivity index (χ1n) is 14.6. The molecule has 234 valence electrons. The second kappa shape index (κ2) is 15.0. The van der Waals surface area contributed by atoms with Crippen LogP contribution in [0.2, 0.25) is 5.02 Å². The summed E-state index contributed by atoms with van der Waals surface area (Å²) in [6.07, 6.45) is 1.75. The number of nitrogens with zero attached hydrogens (tertiary/aromatic N) is 2. The highest BCUT2D eigenvalue weighted by Gasteiger charge is 2.33. The van der Waals surface area contributed by atoms with Gasteiger partial charge in [-0.15, -0.1) is 0 Å². The zero-order chi connectivity index (χ0) is 30.9. The topological polar surface area (TPSA) is 114 Å². The molecule has 3 aromatic carbocycles. The molecule has 2 unspecified atom stereocenters. The molecule has 0 radical (unpaired) electrons. The maximum atomic E-state index is 13.9. The van der Waals surface area contributed by atoms with Crippen molar-refractivity contribution in [2.24, 2.45) is 0 Å².